The molecule has 0 aliphatic heterocycles. The largest absolute Gasteiger partial charge is 0.330 e. The van der Waals surface area contributed by atoms with Crippen LogP contribution in [0.4, 0.5) is 0 Å². The van der Waals surface area contributed by atoms with Gasteiger partial charge in [0.1, 0.15) is 0 Å². The molecule has 0 saturated heterocycles. The van der Waals surface area contributed by atoms with Gasteiger partial charge in [0.15, 0.2) is 0 Å². The van der Waals surface area contributed by atoms with E-state index < -0.39 is 0 Å². The van der Waals surface area contributed by atoms with Gasteiger partial charge < -0.3 is 5.73 Å². The molecule has 12 heavy (non-hydrogen) atoms. The van der Waals surface area contributed by atoms with E-state index in [2.05, 4.69) is 6.92 Å². The van der Waals surface area contributed by atoms with Crippen molar-refractivity contribution in [1.29, 1.82) is 0 Å². The molecule has 2 N–H and O–H groups in total. The summed E-state index contributed by atoms with van der Waals surface area (Å²) in [6, 6.07) is 0. The molecule has 1 rings (SSSR count). The zero-order chi connectivity index (χ0) is 8.81. The second kappa shape index (κ2) is 5.36. The molecule has 0 heterocycles. The second-order valence-corrected chi connectivity index (χ2v) is 3.70. The molecule has 0 atom stereocenters. The van der Waals surface area contributed by atoms with Gasteiger partial charge in [-0.15, -0.1) is 0 Å². The molecule has 1 nitrogen and oxygen atoms in total. The Bertz CT molecular complexity index is 158. The lowest BCUT2D eigenvalue weighted by atomic mass is 10.0. The van der Waals surface area contributed by atoms with Crippen molar-refractivity contribution in [2.75, 3.05) is 6.54 Å². The summed E-state index contributed by atoms with van der Waals surface area (Å²) in [6.07, 6.45) is 9.22. The van der Waals surface area contributed by atoms with Crippen molar-refractivity contribution >= 4 is 0 Å². The molecule has 0 radical (unpaired) electrons. The second-order valence-electron chi connectivity index (χ2n) is 3.70. The van der Waals surface area contributed by atoms with Crippen LogP contribution in [0.2, 0.25) is 0 Å². The lowest BCUT2D eigenvalue weighted by molar-refractivity contribution is 0.785. The number of hydrogen-bond acceptors (Lipinski definition) is 1. The predicted molar refractivity (Wildman–Crippen MR) is 54.1 cm³/mol. The maximum Gasteiger partial charge on any atom is -0.00742 e. The Morgan fingerprint density at radius 2 is 1.83 bits per heavy atom. The highest BCUT2D eigenvalue weighted by Gasteiger charge is 2.12. The van der Waals surface area contributed by atoms with Crippen LogP contribution in [0.5, 0.6) is 0 Å². The Morgan fingerprint density at radius 1 is 1.17 bits per heavy atom. The molecule has 0 fully saturated rings. The number of nitrogens with two attached hydrogens (primary N) is 1. The molecule has 0 aromatic heterocycles. The highest BCUT2D eigenvalue weighted by atomic mass is 14.5. The Hall–Kier alpha value is -0.300. The average molecular weight is 167 g/mol. The third-order valence-electron chi connectivity index (χ3n) is 2.69. The maximum atomic E-state index is 5.50. The van der Waals surface area contributed by atoms with Crippen LogP contribution < -0.4 is 5.73 Å². The van der Waals surface area contributed by atoms with Crippen LogP contribution in [0.15, 0.2) is 11.1 Å². The molecule has 0 aromatic rings. The van der Waals surface area contributed by atoms with Crippen molar-refractivity contribution in [2.24, 2.45) is 5.73 Å². The minimum absolute atomic E-state index is 0.850. The van der Waals surface area contributed by atoms with Gasteiger partial charge in [-0.25, -0.2) is 0 Å². The number of rotatable bonds is 5. The molecule has 0 amide bonds. The maximum absolute atomic E-state index is 5.50. The van der Waals surface area contributed by atoms with Gasteiger partial charge in [0.25, 0.3) is 0 Å². The van der Waals surface area contributed by atoms with Crippen LogP contribution in [-0.4, -0.2) is 6.54 Å². The van der Waals surface area contributed by atoms with E-state index in [1.165, 1.54) is 44.9 Å². The Balaban J connectivity index is 2.39. The van der Waals surface area contributed by atoms with E-state index in [0.717, 1.165) is 6.54 Å². The van der Waals surface area contributed by atoms with Gasteiger partial charge in [-0.2, -0.15) is 0 Å². The van der Waals surface area contributed by atoms with Gasteiger partial charge in [-0.05, 0) is 45.1 Å². The molecule has 1 aliphatic carbocycles. The lowest BCUT2D eigenvalue weighted by Gasteiger charge is -2.04. The summed E-state index contributed by atoms with van der Waals surface area (Å²) in [7, 11) is 0. The van der Waals surface area contributed by atoms with Crippen LogP contribution >= 0.6 is 0 Å². The zero-order valence-corrected chi connectivity index (χ0v) is 8.23. The Morgan fingerprint density at radius 3 is 2.42 bits per heavy atom. The first-order valence-electron chi connectivity index (χ1n) is 5.28. The summed E-state index contributed by atoms with van der Waals surface area (Å²) in [5, 5.41) is 0. The molecule has 1 aliphatic rings. The van der Waals surface area contributed by atoms with Gasteiger partial charge >= 0.3 is 0 Å². The number of allylic oxidation sites excluding steroid dienone is 2. The van der Waals surface area contributed by atoms with Crippen LogP contribution in [0.3, 0.4) is 0 Å². The van der Waals surface area contributed by atoms with Crippen molar-refractivity contribution in [1.82, 2.24) is 0 Å². The quantitative estimate of drug-likeness (QED) is 0.626. The van der Waals surface area contributed by atoms with Crippen molar-refractivity contribution < 1.29 is 0 Å². The molecular weight excluding hydrogens is 146 g/mol. The SMILES string of the molecule is CCCC1=C(CCCN)CCC1. The zero-order valence-electron chi connectivity index (χ0n) is 8.23. The summed E-state index contributed by atoms with van der Waals surface area (Å²) in [4.78, 5) is 0. The van der Waals surface area contributed by atoms with Crippen molar-refractivity contribution in [2.45, 2.75) is 51.9 Å². The smallest absolute Gasteiger partial charge is 0.00742 e. The standard InChI is InChI=1S/C11H21N/c1-2-5-10-6-3-7-11(10)8-4-9-12/h2-9,12H2,1H3. The Labute approximate surface area is 76.0 Å². The van der Waals surface area contributed by atoms with Gasteiger partial charge in [0, 0.05) is 0 Å². The minimum Gasteiger partial charge on any atom is -0.330 e. The van der Waals surface area contributed by atoms with Gasteiger partial charge in [-0.3, -0.25) is 0 Å². The molecule has 0 saturated carbocycles. The van der Waals surface area contributed by atoms with Crippen LogP contribution in [-0.2, 0) is 0 Å². The van der Waals surface area contributed by atoms with Crippen LogP contribution in [0, 0.1) is 0 Å². The third kappa shape index (κ3) is 2.63. The van der Waals surface area contributed by atoms with Gasteiger partial charge in [0.05, 0.1) is 0 Å². The molecule has 0 aromatic carbocycles. The van der Waals surface area contributed by atoms with Crippen molar-refractivity contribution in [3.05, 3.63) is 11.1 Å². The molecular formula is C11H21N. The normalized spacial score (nSPS) is 17.5. The van der Waals surface area contributed by atoms with E-state index in [0.29, 0.717) is 0 Å². The van der Waals surface area contributed by atoms with Crippen LogP contribution in [0.25, 0.3) is 0 Å². The minimum atomic E-state index is 0.850. The van der Waals surface area contributed by atoms with E-state index in [9.17, 15) is 0 Å². The molecule has 70 valence electrons. The van der Waals surface area contributed by atoms with Crippen molar-refractivity contribution in [3.8, 4) is 0 Å². The van der Waals surface area contributed by atoms with Gasteiger partial charge in [0.2, 0.25) is 0 Å². The summed E-state index contributed by atoms with van der Waals surface area (Å²) in [5.41, 5.74) is 9.00. The fraction of sp³-hybridized carbons (Fsp3) is 0.818. The summed E-state index contributed by atoms with van der Waals surface area (Å²) >= 11 is 0. The average Bonchev–Trinajstić information content (AvgIpc) is 2.50. The highest BCUT2D eigenvalue weighted by molar-refractivity contribution is 5.19. The predicted octanol–water partition coefficient (Wildman–Crippen LogP) is 3.01. The first-order chi connectivity index (χ1) is 5.88. The van der Waals surface area contributed by atoms with E-state index >= 15 is 0 Å². The first kappa shape index (κ1) is 9.79. The number of hydrogen-bond donors (Lipinski definition) is 1. The fourth-order valence-corrected chi connectivity index (χ4v) is 2.09. The molecule has 1 heteroatoms. The lowest BCUT2D eigenvalue weighted by Crippen LogP contribution is -1.98. The molecule has 0 bridgehead atoms. The van der Waals surface area contributed by atoms with Gasteiger partial charge in [-0.1, -0.05) is 24.5 Å². The van der Waals surface area contributed by atoms with E-state index in [-0.39, 0.29) is 0 Å². The molecule has 0 unspecified atom stereocenters. The topological polar surface area (TPSA) is 26.0 Å². The summed E-state index contributed by atoms with van der Waals surface area (Å²) < 4.78 is 0. The summed E-state index contributed by atoms with van der Waals surface area (Å²) in [5.74, 6) is 0. The first-order valence-corrected chi connectivity index (χ1v) is 5.28. The van der Waals surface area contributed by atoms with E-state index in [1.54, 1.807) is 11.1 Å². The van der Waals surface area contributed by atoms with Crippen molar-refractivity contribution in [3.63, 3.8) is 0 Å². The molecule has 0 spiro atoms. The Kier molecular flexibility index (Phi) is 4.37. The summed E-state index contributed by atoms with van der Waals surface area (Å²) in [6.45, 7) is 3.12. The fourth-order valence-electron chi connectivity index (χ4n) is 2.09. The van der Waals surface area contributed by atoms with E-state index in [4.69, 9.17) is 5.73 Å². The third-order valence-corrected chi connectivity index (χ3v) is 2.69. The highest BCUT2D eigenvalue weighted by Crippen LogP contribution is 2.31. The van der Waals surface area contributed by atoms with Crippen LogP contribution in [0.1, 0.15) is 51.9 Å². The monoisotopic (exact) mass is 167 g/mol. The van der Waals surface area contributed by atoms with E-state index in [1.807, 2.05) is 0 Å².